The molecule has 202 valence electrons. The number of rotatable bonds is 11. The van der Waals surface area contributed by atoms with Gasteiger partial charge in [-0.05, 0) is 74.7 Å². The van der Waals surface area contributed by atoms with E-state index in [0.717, 1.165) is 11.1 Å². The van der Waals surface area contributed by atoms with Gasteiger partial charge in [-0.25, -0.2) is 0 Å². The Balaban J connectivity index is 1.83. The SMILES string of the molecule is CC(C)(C)NC(=O)[C@H](Cc1ccccc1)N(Cc1ccc(Cl)c(Cl)c1)C(=O)CCCOc1ccc(Cl)cc1. The summed E-state index contributed by atoms with van der Waals surface area (Å²) in [5, 5.41) is 4.51. The monoisotopic (exact) mass is 574 g/mol. The van der Waals surface area contributed by atoms with Crippen molar-refractivity contribution in [3.63, 3.8) is 0 Å². The molecule has 3 aromatic rings. The number of hydrogen-bond acceptors (Lipinski definition) is 3. The molecule has 0 saturated heterocycles. The molecule has 0 fully saturated rings. The molecule has 0 aliphatic rings. The summed E-state index contributed by atoms with van der Waals surface area (Å²) in [6.45, 7) is 6.32. The highest BCUT2D eigenvalue weighted by molar-refractivity contribution is 6.42. The summed E-state index contributed by atoms with van der Waals surface area (Å²) in [6.07, 6.45) is 1.07. The Morgan fingerprint density at radius 2 is 1.58 bits per heavy atom. The van der Waals surface area contributed by atoms with E-state index < -0.39 is 11.6 Å². The highest BCUT2D eigenvalue weighted by atomic mass is 35.5. The van der Waals surface area contributed by atoms with Gasteiger partial charge in [-0.2, -0.15) is 0 Å². The topological polar surface area (TPSA) is 58.6 Å². The predicted molar refractivity (Wildman–Crippen MR) is 155 cm³/mol. The van der Waals surface area contributed by atoms with Crippen molar-refractivity contribution in [2.24, 2.45) is 0 Å². The van der Waals surface area contributed by atoms with Crippen LogP contribution < -0.4 is 10.1 Å². The molecule has 0 saturated carbocycles. The van der Waals surface area contributed by atoms with Crippen molar-refractivity contribution in [2.75, 3.05) is 6.61 Å². The quantitative estimate of drug-likeness (QED) is 0.243. The predicted octanol–water partition coefficient (Wildman–Crippen LogP) is 7.36. The standard InChI is InChI=1S/C30H33Cl3N2O3/c1-30(2,3)34-29(37)27(19-21-8-5-4-6-9-21)35(20-22-11-16-25(32)26(33)18-22)28(36)10-7-17-38-24-14-12-23(31)13-15-24/h4-6,8-9,11-16,18,27H,7,10,17,19-20H2,1-3H3,(H,34,37)/t27-/m0/s1. The molecule has 1 N–H and O–H groups in total. The molecule has 0 radical (unpaired) electrons. The lowest BCUT2D eigenvalue weighted by atomic mass is 10.00. The third-order valence-electron chi connectivity index (χ3n) is 5.72. The zero-order chi connectivity index (χ0) is 27.7. The molecule has 0 bridgehead atoms. The minimum Gasteiger partial charge on any atom is -0.494 e. The fourth-order valence-electron chi connectivity index (χ4n) is 3.93. The van der Waals surface area contributed by atoms with Crippen LogP contribution in [0.1, 0.15) is 44.7 Å². The average Bonchev–Trinajstić information content (AvgIpc) is 2.86. The van der Waals surface area contributed by atoms with Crippen LogP contribution in [0.2, 0.25) is 15.1 Å². The Morgan fingerprint density at radius 1 is 0.895 bits per heavy atom. The van der Waals surface area contributed by atoms with E-state index in [0.29, 0.717) is 40.3 Å². The molecule has 0 aromatic heterocycles. The Labute approximate surface area is 240 Å². The molecule has 2 amide bonds. The third-order valence-corrected chi connectivity index (χ3v) is 6.71. The minimum absolute atomic E-state index is 0.152. The number of nitrogens with one attached hydrogen (secondary N) is 1. The van der Waals surface area contributed by atoms with E-state index in [2.05, 4.69) is 5.32 Å². The van der Waals surface area contributed by atoms with Crippen molar-refractivity contribution in [3.05, 3.63) is 99.0 Å². The Hall–Kier alpha value is -2.73. The summed E-state index contributed by atoms with van der Waals surface area (Å²) < 4.78 is 5.77. The molecule has 8 heteroatoms. The molecule has 0 spiro atoms. The van der Waals surface area contributed by atoms with Gasteiger partial charge >= 0.3 is 0 Å². The number of ether oxygens (including phenoxy) is 1. The van der Waals surface area contributed by atoms with Crippen molar-refractivity contribution in [1.29, 1.82) is 0 Å². The second-order valence-corrected chi connectivity index (χ2v) is 11.4. The van der Waals surface area contributed by atoms with Gasteiger partial charge in [0.2, 0.25) is 11.8 Å². The fraction of sp³-hybridized carbons (Fsp3) is 0.333. The first-order valence-electron chi connectivity index (χ1n) is 12.5. The summed E-state index contributed by atoms with van der Waals surface area (Å²) in [5.41, 5.74) is 1.28. The second-order valence-electron chi connectivity index (χ2n) is 10.1. The molecule has 38 heavy (non-hydrogen) atoms. The third kappa shape index (κ3) is 9.54. The van der Waals surface area contributed by atoms with Crippen LogP contribution in [-0.4, -0.2) is 34.9 Å². The number of halogens is 3. The van der Waals surface area contributed by atoms with Gasteiger partial charge in [0, 0.05) is 29.9 Å². The van der Waals surface area contributed by atoms with E-state index in [1.807, 2.05) is 57.2 Å². The van der Waals surface area contributed by atoms with Crippen molar-refractivity contribution < 1.29 is 14.3 Å². The molecule has 3 rings (SSSR count). The van der Waals surface area contributed by atoms with Gasteiger partial charge in [-0.15, -0.1) is 0 Å². The van der Waals surface area contributed by atoms with Gasteiger partial charge in [0.1, 0.15) is 11.8 Å². The molecule has 0 aliphatic carbocycles. The first-order valence-corrected chi connectivity index (χ1v) is 13.6. The summed E-state index contributed by atoms with van der Waals surface area (Å²) >= 11 is 18.3. The minimum atomic E-state index is -0.726. The number of hydrogen-bond donors (Lipinski definition) is 1. The van der Waals surface area contributed by atoms with E-state index in [4.69, 9.17) is 39.5 Å². The summed E-state index contributed by atoms with van der Waals surface area (Å²) in [6, 6.07) is 21.3. The Kier molecular flexibility index (Phi) is 10.9. The van der Waals surface area contributed by atoms with E-state index >= 15 is 0 Å². The van der Waals surface area contributed by atoms with Crippen LogP contribution in [0.25, 0.3) is 0 Å². The lowest BCUT2D eigenvalue weighted by Crippen LogP contribution is -2.54. The van der Waals surface area contributed by atoms with Gasteiger partial charge in [0.15, 0.2) is 0 Å². The highest BCUT2D eigenvalue weighted by Gasteiger charge is 2.32. The number of amides is 2. The van der Waals surface area contributed by atoms with E-state index in [-0.39, 0.29) is 24.8 Å². The number of nitrogens with zero attached hydrogens (tertiary/aromatic N) is 1. The van der Waals surface area contributed by atoms with E-state index in [1.54, 1.807) is 41.3 Å². The molecule has 0 unspecified atom stereocenters. The molecule has 5 nitrogen and oxygen atoms in total. The van der Waals surface area contributed by atoms with Gasteiger partial charge in [-0.3, -0.25) is 9.59 Å². The van der Waals surface area contributed by atoms with E-state index in [1.165, 1.54) is 0 Å². The summed E-state index contributed by atoms with van der Waals surface area (Å²) in [4.78, 5) is 28.9. The smallest absolute Gasteiger partial charge is 0.243 e. The normalized spacial score (nSPS) is 12.1. The van der Waals surface area contributed by atoms with Crippen LogP contribution in [-0.2, 0) is 22.6 Å². The largest absolute Gasteiger partial charge is 0.494 e. The van der Waals surface area contributed by atoms with Crippen LogP contribution in [0.5, 0.6) is 5.75 Å². The zero-order valence-corrected chi connectivity index (χ0v) is 24.1. The lowest BCUT2D eigenvalue weighted by Gasteiger charge is -2.34. The maximum Gasteiger partial charge on any atom is 0.243 e. The maximum absolute atomic E-state index is 13.7. The lowest BCUT2D eigenvalue weighted by molar-refractivity contribution is -0.142. The fourth-order valence-corrected chi connectivity index (χ4v) is 4.38. The first kappa shape index (κ1) is 29.8. The van der Waals surface area contributed by atoms with Crippen LogP contribution >= 0.6 is 34.8 Å². The molecular weight excluding hydrogens is 543 g/mol. The van der Waals surface area contributed by atoms with Crippen molar-refractivity contribution in [3.8, 4) is 5.75 Å². The molecule has 0 heterocycles. The first-order chi connectivity index (χ1) is 18.0. The van der Waals surface area contributed by atoms with Gasteiger partial charge in [0.05, 0.1) is 16.7 Å². The molecule has 3 aromatic carbocycles. The van der Waals surface area contributed by atoms with Crippen LogP contribution in [0.3, 0.4) is 0 Å². The average molecular weight is 576 g/mol. The van der Waals surface area contributed by atoms with E-state index in [9.17, 15) is 9.59 Å². The number of benzene rings is 3. The van der Waals surface area contributed by atoms with Gasteiger partial charge < -0.3 is 15.0 Å². The Bertz CT molecular complexity index is 1210. The maximum atomic E-state index is 13.7. The highest BCUT2D eigenvalue weighted by Crippen LogP contribution is 2.25. The van der Waals surface area contributed by atoms with Crippen LogP contribution in [0, 0.1) is 0 Å². The number of carbonyl (C=O) groups excluding carboxylic acids is 2. The summed E-state index contributed by atoms with van der Waals surface area (Å²) in [5.74, 6) is 0.314. The number of carbonyl (C=O) groups is 2. The second kappa shape index (κ2) is 13.9. The van der Waals surface area contributed by atoms with Gasteiger partial charge in [-0.1, -0.05) is 71.2 Å². The zero-order valence-electron chi connectivity index (χ0n) is 21.8. The van der Waals surface area contributed by atoms with Crippen molar-refractivity contribution in [1.82, 2.24) is 10.2 Å². The Morgan fingerprint density at radius 3 is 2.21 bits per heavy atom. The molecular formula is C30H33Cl3N2O3. The van der Waals surface area contributed by atoms with Gasteiger partial charge in [0.25, 0.3) is 0 Å². The van der Waals surface area contributed by atoms with Crippen molar-refractivity contribution in [2.45, 2.75) is 58.2 Å². The molecule has 1 atom stereocenters. The van der Waals surface area contributed by atoms with Crippen LogP contribution in [0.15, 0.2) is 72.8 Å². The van der Waals surface area contributed by atoms with Crippen molar-refractivity contribution >= 4 is 46.6 Å². The van der Waals surface area contributed by atoms with Crippen LogP contribution in [0.4, 0.5) is 0 Å². The molecule has 0 aliphatic heterocycles. The summed E-state index contributed by atoms with van der Waals surface area (Å²) in [7, 11) is 0.